The van der Waals surface area contributed by atoms with Crippen molar-refractivity contribution in [3.8, 4) is 0 Å². The zero-order valence-corrected chi connectivity index (χ0v) is 13.8. The van der Waals surface area contributed by atoms with E-state index in [1.165, 1.54) is 11.3 Å². The fraction of sp³-hybridized carbons (Fsp3) is 0.312. The van der Waals surface area contributed by atoms with Crippen LogP contribution in [0, 0.1) is 5.41 Å². The number of hydrogen-bond acceptors (Lipinski definition) is 4. The van der Waals surface area contributed by atoms with Gasteiger partial charge in [-0.3, -0.25) is 14.9 Å². The quantitative estimate of drug-likeness (QED) is 0.895. The summed E-state index contributed by atoms with van der Waals surface area (Å²) in [6.07, 6.45) is 1.26. The molecule has 0 bridgehead atoms. The maximum absolute atomic E-state index is 12.2. The minimum absolute atomic E-state index is 0.0812. The highest BCUT2D eigenvalue weighted by Crippen LogP contribution is 2.38. The van der Waals surface area contributed by atoms with Crippen molar-refractivity contribution in [3.05, 3.63) is 45.4 Å². The molecular formula is C16H15ClN2O2S. The second kappa shape index (κ2) is 5.48. The number of hydrogen-bond donors (Lipinski definition) is 1. The van der Waals surface area contributed by atoms with E-state index < -0.39 is 0 Å². The number of fused-ring (bicyclic) bond motifs is 1. The number of Topliss-reactive ketones (excluding diaryl/α,β-unsaturated/α-hetero) is 1. The Morgan fingerprint density at radius 2 is 2.05 bits per heavy atom. The smallest absolute Gasteiger partial charge is 0.258 e. The number of amides is 1. The van der Waals surface area contributed by atoms with Crippen LogP contribution >= 0.6 is 22.9 Å². The molecule has 6 heteroatoms. The Morgan fingerprint density at radius 3 is 2.77 bits per heavy atom. The van der Waals surface area contributed by atoms with Gasteiger partial charge >= 0.3 is 0 Å². The van der Waals surface area contributed by atoms with Gasteiger partial charge in [0.2, 0.25) is 0 Å². The molecule has 2 aromatic rings. The van der Waals surface area contributed by atoms with Crippen LogP contribution in [-0.4, -0.2) is 16.7 Å². The Labute approximate surface area is 137 Å². The van der Waals surface area contributed by atoms with E-state index >= 15 is 0 Å². The SMILES string of the molecule is CC1(C)CC(=O)c2sc(NC(=O)c3ccccc3Cl)nc2C1. The zero-order valence-electron chi connectivity index (χ0n) is 12.3. The first-order valence-corrected chi connectivity index (χ1v) is 8.14. The highest BCUT2D eigenvalue weighted by Gasteiger charge is 2.34. The Kier molecular flexibility index (Phi) is 3.78. The van der Waals surface area contributed by atoms with Crippen molar-refractivity contribution in [1.29, 1.82) is 0 Å². The molecule has 1 N–H and O–H groups in total. The predicted molar refractivity (Wildman–Crippen MR) is 88.0 cm³/mol. The van der Waals surface area contributed by atoms with Gasteiger partial charge in [0.1, 0.15) is 0 Å². The summed E-state index contributed by atoms with van der Waals surface area (Å²) < 4.78 is 0. The summed E-state index contributed by atoms with van der Waals surface area (Å²) in [5.74, 6) is -0.217. The van der Waals surface area contributed by atoms with Crippen LogP contribution in [0.5, 0.6) is 0 Å². The third-order valence-electron chi connectivity index (χ3n) is 3.57. The molecule has 0 fully saturated rings. The van der Waals surface area contributed by atoms with Gasteiger partial charge < -0.3 is 0 Å². The summed E-state index contributed by atoms with van der Waals surface area (Å²) in [4.78, 5) is 29.5. The zero-order chi connectivity index (χ0) is 15.9. The van der Waals surface area contributed by atoms with E-state index in [0.717, 1.165) is 12.1 Å². The Bertz CT molecular complexity index is 767. The van der Waals surface area contributed by atoms with Crippen LogP contribution < -0.4 is 5.32 Å². The molecule has 3 rings (SSSR count). The lowest BCUT2D eigenvalue weighted by Crippen LogP contribution is -2.26. The first kappa shape index (κ1) is 15.2. The van der Waals surface area contributed by atoms with Crippen LogP contribution in [-0.2, 0) is 6.42 Å². The van der Waals surface area contributed by atoms with Gasteiger partial charge in [-0.05, 0) is 24.0 Å². The van der Waals surface area contributed by atoms with Gasteiger partial charge in [-0.2, -0.15) is 0 Å². The monoisotopic (exact) mass is 334 g/mol. The molecule has 0 unspecified atom stereocenters. The summed E-state index contributed by atoms with van der Waals surface area (Å²) in [6.45, 7) is 4.10. The average Bonchev–Trinajstić information content (AvgIpc) is 2.80. The van der Waals surface area contributed by atoms with E-state index in [-0.39, 0.29) is 17.1 Å². The molecule has 0 atom stereocenters. The second-order valence-electron chi connectivity index (χ2n) is 6.17. The maximum atomic E-state index is 12.2. The molecule has 114 valence electrons. The molecule has 0 spiro atoms. The lowest BCUT2D eigenvalue weighted by atomic mass is 9.78. The summed E-state index contributed by atoms with van der Waals surface area (Å²) in [7, 11) is 0. The van der Waals surface area contributed by atoms with Crippen LogP contribution in [0.2, 0.25) is 5.02 Å². The summed E-state index contributed by atoms with van der Waals surface area (Å²) in [6, 6.07) is 6.83. The molecule has 1 amide bonds. The van der Waals surface area contributed by atoms with Crippen molar-refractivity contribution < 1.29 is 9.59 Å². The number of anilines is 1. The number of carbonyl (C=O) groups excluding carboxylic acids is 2. The molecule has 0 saturated carbocycles. The van der Waals surface area contributed by atoms with Gasteiger partial charge in [0.05, 0.1) is 21.2 Å². The summed E-state index contributed by atoms with van der Waals surface area (Å²) in [5, 5.41) is 3.57. The molecule has 1 aromatic heterocycles. The number of benzene rings is 1. The molecule has 0 radical (unpaired) electrons. The minimum Gasteiger partial charge on any atom is -0.298 e. The fourth-order valence-electron chi connectivity index (χ4n) is 2.58. The van der Waals surface area contributed by atoms with Crippen LogP contribution in [0.25, 0.3) is 0 Å². The number of ketones is 1. The largest absolute Gasteiger partial charge is 0.298 e. The van der Waals surface area contributed by atoms with E-state index in [1.54, 1.807) is 24.3 Å². The number of aromatic nitrogens is 1. The van der Waals surface area contributed by atoms with E-state index in [0.29, 0.717) is 27.0 Å². The molecule has 0 aliphatic heterocycles. The first-order chi connectivity index (χ1) is 10.4. The Balaban J connectivity index is 1.85. The topological polar surface area (TPSA) is 59.1 Å². The van der Waals surface area contributed by atoms with Gasteiger partial charge in [0, 0.05) is 6.42 Å². The van der Waals surface area contributed by atoms with E-state index in [1.807, 2.05) is 0 Å². The average molecular weight is 335 g/mol. The standard InChI is InChI=1S/C16H15ClN2O2S/c1-16(2)7-11-13(12(20)8-16)22-15(18-11)19-14(21)9-5-3-4-6-10(9)17/h3-6H,7-8H2,1-2H3,(H,18,19,21). The van der Waals surface area contributed by atoms with Crippen LogP contribution in [0.4, 0.5) is 5.13 Å². The van der Waals surface area contributed by atoms with Crippen molar-refractivity contribution in [2.45, 2.75) is 26.7 Å². The minimum atomic E-state index is -0.316. The van der Waals surface area contributed by atoms with Crippen molar-refractivity contribution in [2.75, 3.05) is 5.32 Å². The molecule has 22 heavy (non-hydrogen) atoms. The Morgan fingerprint density at radius 1 is 1.32 bits per heavy atom. The lowest BCUT2D eigenvalue weighted by Gasteiger charge is -2.26. The molecule has 4 nitrogen and oxygen atoms in total. The van der Waals surface area contributed by atoms with Crippen LogP contribution in [0.3, 0.4) is 0 Å². The van der Waals surface area contributed by atoms with Crippen molar-refractivity contribution in [1.82, 2.24) is 4.98 Å². The van der Waals surface area contributed by atoms with E-state index in [9.17, 15) is 9.59 Å². The number of nitrogens with zero attached hydrogens (tertiary/aromatic N) is 1. The normalized spacial score (nSPS) is 16.2. The molecule has 1 heterocycles. The second-order valence-corrected chi connectivity index (χ2v) is 7.58. The van der Waals surface area contributed by atoms with Gasteiger partial charge in [-0.15, -0.1) is 0 Å². The number of thiazole rings is 1. The van der Waals surface area contributed by atoms with Crippen molar-refractivity contribution in [3.63, 3.8) is 0 Å². The van der Waals surface area contributed by atoms with Crippen molar-refractivity contribution in [2.24, 2.45) is 5.41 Å². The van der Waals surface area contributed by atoms with Gasteiger partial charge in [0.15, 0.2) is 10.9 Å². The van der Waals surface area contributed by atoms with Crippen LogP contribution in [0.1, 0.15) is 46.0 Å². The third kappa shape index (κ3) is 2.91. The molecule has 1 aliphatic carbocycles. The van der Waals surface area contributed by atoms with Crippen molar-refractivity contribution >= 4 is 39.8 Å². The predicted octanol–water partition coefficient (Wildman–Crippen LogP) is 4.20. The number of carbonyl (C=O) groups is 2. The molecule has 1 aromatic carbocycles. The first-order valence-electron chi connectivity index (χ1n) is 6.94. The van der Waals surface area contributed by atoms with E-state index in [2.05, 4.69) is 24.1 Å². The summed E-state index contributed by atoms with van der Waals surface area (Å²) in [5.41, 5.74) is 1.09. The van der Waals surface area contributed by atoms with Crippen LogP contribution in [0.15, 0.2) is 24.3 Å². The summed E-state index contributed by atoms with van der Waals surface area (Å²) >= 11 is 7.25. The Hall–Kier alpha value is -1.72. The van der Waals surface area contributed by atoms with E-state index in [4.69, 9.17) is 11.6 Å². The fourth-order valence-corrected chi connectivity index (χ4v) is 3.72. The van der Waals surface area contributed by atoms with Gasteiger partial charge in [0.25, 0.3) is 5.91 Å². The molecule has 0 saturated heterocycles. The third-order valence-corrected chi connectivity index (χ3v) is 4.96. The molecule has 1 aliphatic rings. The molecular weight excluding hydrogens is 320 g/mol. The lowest BCUT2D eigenvalue weighted by molar-refractivity contribution is 0.0915. The van der Waals surface area contributed by atoms with Gasteiger partial charge in [-0.1, -0.05) is 48.9 Å². The van der Waals surface area contributed by atoms with Gasteiger partial charge in [-0.25, -0.2) is 4.98 Å². The highest BCUT2D eigenvalue weighted by molar-refractivity contribution is 7.17. The number of rotatable bonds is 2. The number of halogens is 1. The highest BCUT2D eigenvalue weighted by atomic mass is 35.5. The maximum Gasteiger partial charge on any atom is 0.258 e. The number of nitrogens with one attached hydrogen (secondary N) is 1.